The third-order valence-corrected chi connectivity index (χ3v) is 5.93. The first-order valence-electron chi connectivity index (χ1n) is 11.0. The highest BCUT2D eigenvalue weighted by molar-refractivity contribution is 7.80. The second kappa shape index (κ2) is 10.4. The summed E-state index contributed by atoms with van der Waals surface area (Å²) >= 11 is 5.40. The molecule has 1 saturated carbocycles. The Kier molecular flexibility index (Phi) is 7.12. The van der Waals surface area contributed by atoms with Crippen LogP contribution in [0.25, 0.3) is 10.8 Å². The quantitative estimate of drug-likeness (QED) is 0.179. The number of esters is 1. The zero-order chi connectivity index (χ0) is 22.3. The molecule has 3 aromatic carbocycles. The standard InChI is InChI=1S/C26H27N3O2S/c1-18-11-13-20(14-12-18)25(30)31-24-16-15-19-7-5-6-10-22(19)23(24)17-27-29-26(32)28-21-8-3-2-4-9-21/h5-7,10-17,21H,2-4,8-9H2,1H3,(H2,28,29,32). The Morgan fingerprint density at radius 1 is 1.03 bits per heavy atom. The Hall–Kier alpha value is -3.25. The van der Waals surface area contributed by atoms with E-state index >= 15 is 0 Å². The Labute approximate surface area is 193 Å². The third-order valence-electron chi connectivity index (χ3n) is 5.72. The molecular formula is C26H27N3O2S. The molecule has 4 rings (SSSR count). The maximum Gasteiger partial charge on any atom is 0.343 e. The van der Waals surface area contributed by atoms with E-state index in [1.807, 2.05) is 49.4 Å². The van der Waals surface area contributed by atoms with Crippen LogP contribution in [0.3, 0.4) is 0 Å². The first kappa shape index (κ1) is 22.0. The number of hydrogen-bond acceptors (Lipinski definition) is 4. The maximum absolute atomic E-state index is 12.7. The van der Waals surface area contributed by atoms with Crippen LogP contribution in [0.1, 0.15) is 53.6 Å². The summed E-state index contributed by atoms with van der Waals surface area (Å²) in [5, 5.41) is 10.2. The van der Waals surface area contributed by atoms with E-state index in [2.05, 4.69) is 15.8 Å². The van der Waals surface area contributed by atoms with Crippen molar-refractivity contribution in [3.05, 3.63) is 77.4 Å². The molecule has 1 aliphatic carbocycles. The number of fused-ring (bicyclic) bond motifs is 1. The van der Waals surface area contributed by atoms with Gasteiger partial charge < -0.3 is 10.1 Å². The molecule has 0 aromatic heterocycles. The summed E-state index contributed by atoms with van der Waals surface area (Å²) < 4.78 is 5.75. The number of ether oxygens (including phenoxy) is 1. The predicted octanol–water partition coefficient (Wildman–Crippen LogP) is 5.50. The van der Waals surface area contributed by atoms with Gasteiger partial charge >= 0.3 is 5.97 Å². The fraction of sp³-hybridized carbons (Fsp3) is 0.269. The molecule has 3 aromatic rings. The lowest BCUT2D eigenvalue weighted by Crippen LogP contribution is -2.40. The maximum atomic E-state index is 12.7. The van der Waals surface area contributed by atoms with Gasteiger partial charge in [0.25, 0.3) is 0 Å². The summed E-state index contributed by atoms with van der Waals surface area (Å²) in [6, 6.07) is 19.4. The minimum Gasteiger partial charge on any atom is -0.422 e. The average Bonchev–Trinajstić information content (AvgIpc) is 2.81. The Morgan fingerprint density at radius 3 is 2.56 bits per heavy atom. The summed E-state index contributed by atoms with van der Waals surface area (Å²) in [4.78, 5) is 12.7. The fourth-order valence-electron chi connectivity index (χ4n) is 3.97. The molecule has 1 aliphatic rings. The molecule has 0 heterocycles. The largest absolute Gasteiger partial charge is 0.422 e. The molecule has 1 fully saturated rings. The van der Waals surface area contributed by atoms with Gasteiger partial charge in [-0.3, -0.25) is 5.43 Å². The highest BCUT2D eigenvalue weighted by Crippen LogP contribution is 2.27. The predicted molar refractivity (Wildman–Crippen MR) is 133 cm³/mol. The molecule has 32 heavy (non-hydrogen) atoms. The molecule has 0 spiro atoms. The van der Waals surface area contributed by atoms with Crippen LogP contribution in [-0.2, 0) is 0 Å². The van der Waals surface area contributed by atoms with Gasteiger partial charge in [0.05, 0.1) is 11.8 Å². The lowest BCUT2D eigenvalue weighted by molar-refractivity contribution is 0.0734. The second-order valence-electron chi connectivity index (χ2n) is 8.13. The van der Waals surface area contributed by atoms with Crippen molar-refractivity contribution in [2.45, 2.75) is 45.1 Å². The molecule has 164 valence electrons. The van der Waals surface area contributed by atoms with Gasteiger partial charge in [-0.05, 0) is 61.0 Å². The number of aryl methyl sites for hydroxylation is 1. The average molecular weight is 446 g/mol. The summed E-state index contributed by atoms with van der Waals surface area (Å²) in [6.07, 6.45) is 7.68. The number of benzene rings is 3. The van der Waals surface area contributed by atoms with Crippen LogP contribution >= 0.6 is 12.2 Å². The van der Waals surface area contributed by atoms with Crippen molar-refractivity contribution >= 4 is 40.3 Å². The Bertz CT molecular complexity index is 1140. The normalized spacial score (nSPS) is 14.4. The Morgan fingerprint density at radius 2 is 1.78 bits per heavy atom. The van der Waals surface area contributed by atoms with Crippen molar-refractivity contribution in [1.29, 1.82) is 0 Å². The van der Waals surface area contributed by atoms with Gasteiger partial charge in [-0.1, -0.05) is 67.3 Å². The SMILES string of the molecule is Cc1ccc(C(=O)Oc2ccc3ccccc3c2C=NNC(=S)NC2CCCCC2)cc1. The minimum atomic E-state index is -0.405. The topological polar surface area (TPSA) is 62.7 Å². The molecule has 0 unspecified atom stereocenters. The van der Waals surface area contributed by atoms with Crippen molar-refractivity contribution in [3.8, 4) is 5.75 Å². The molecule has 6 heteroatoms. The van der Waals surface area contributed by atoms with Crippen LogP contribution < -0.4 is 15.5 Å². The van der Waals surface area contributed by atoms with Crippen molar-refractivity contribution in [3.63, 3.8) is 0 Å². The second-order valence-corrected chi connectivity index (χ2v) is 8.54. The third kappa shape index (κ3) is 5.51. The van der Waals surface area contributed by atoms with Crippen LogP contribution in [-0.4, -0.2) is 23.3 Å². The molecule has 0 amide bonds. The van der Waals surface area contributed by atoms with Gasteiger partial charge in [0.15, 0.2) is 5.11 Å². The number of carbonyl (C=O) groups is 1. The van der Waals surface area contributed by atoms with Crippen molar-refractivity contribution < 1.29 is 9.53 Å². The highest BCUT2D eigenvalue weighted by Gasteiger charge is 2.15. The van der Waals surface area contributed by atoms with Gasteiger partial charge in [-0.15, -0.1) is 0 Å². The van der Waals surface area contributed by atoms with Gasteiger partial charge in [-0.2, -0.15) is 5.10 Å². The lowest BCUT2D eigenvalue weighted by Gasteiger charge is -2.23. The van der Waals surface area contributed by atoms with Crippen LogP contribution in [0.5, 0.6) is 5.75 Å². The summed E-state index contributed by atoms with van der Waals surface area (Å²) in [7, 11) is 0. The zero-order valence-corrected chi connectivity index (χ0v) is 19.0. The molecule has 0 radical (unpaired) electrons. The van der Waals surface area contributed by atoms with Crippen molar-refractivity contribution in [1.82, 2.24) is 10.7 Å². The van der Waals surface area contributed by atoms with Crippen LogP contribution in [0.15, 0.2) is 65.8 Å². The Balaban J connectivity index is 1.53. The van der Waals surface area contributed by atoms with Crippen molar-refractivity contribution in [2.24, 2.45) is 5.10 Å². The first-order chi connectivity index (χ1) is 15.6. The summed E-state index contributed by atoms with van der Waals surface area (Å²) in [5.41, 5.74) is 5.22. The molecule has 0 saturated heterocycles. The van der Waals surface area contributed by atoms with Gasteiger partial charge in [0, 0.05) is 11.6 Å². The van der Waals surface area contributed by atoms with E-state index in [-0.39, 0.29) is 0 Å². The van der Waals surface area contributed by atoms with E-state index in [9.17, 15) is 4.79 Å². The summed E-state index contributed by atoms with van der Waals surface area (Å²) in [6.45, 7) is 1.98. The number of hydrazone groups is 1. The van der Waals surface area contributed by atoms with E-state index in [4.69, 9.17) is 17.0 Å². The molecular weight excluding hydrogens is 418 g/mol. The number of thiocarbonyl (C=S) groups is 1. The van der Waals surface area contributed by atoms with Gasteiger partial charge in [0.2, 0.25) is 0 Å². The fourth-order valence-corrected chi connectivity index (χ4v) is 4.19. The zero-order valence-electron chi connectivity index (χ0n) is 18.1. The monoisotopic (exact) mass is 445 g/mol. The number of nitrogens with zero attached hydrogens (tertiary/aromatic N) is 1. The van der Waals surface area contributed by atoms with E-state index < -0.39 is 5.97 Å². The molecule has 5 nitrogen and oxygen atoms in total. The van der Waals surface area contributed by atoms with E-state index in [0.29, 0.717) is 22.5 Å². The molecule has 0 bridgehead atoms. The number of nitrogens with one attached hydrogen (secondary N) is 2. The van der Waals surface area contributed by atoms with Gasteiger partial charge in [-0.25, -0.2) is 4.79 Å². The lowest BCUT2D eigenvalue weighted by atomic mass is 9.96. The van der Waals surface area contributed by atoms with E-state index in [1.165, 1.54) is 19.3 Å². The van der Waals surface area contributed by atoms with E-state index in [1.54, 1.807) is 24.4 Å². The minimum absolute atomic E-state index is 0.405. The molecule has 0 atom stereocenters. The number of hydrogen-bond donors (Lipinski definition) is 2. The van der Waals surface area contributed by atoms with Crippen LogP contribution in [0.2, 0.25) is 0 Å². The highest BCUT2D eigenvalue weighted by atomic mass is 32.1. The number of carbonyl (C=O) groups excluding carboxylic acids is 1. The molecule has 2 N–H and O–H groups in total. The van der Waals surface area contributed by atoms with E-state index in [0.717, 1.165) is 34.7 Å². The van der Waals surface area contributed by atoms with Crippen LogP contribution in [0.4, 0.5) is 0 Å². The smallest absolute Gasteiger partial charge is 0.343 e. The van der Waals surface area contributed by atoms with Crippen LogP contribution in [0, 0.1) is 6.92 Å². The first-order valence-corrected chi connectivity index (χ1v) is 11.4. The van der Waals surface area contributed by atoms with Crippen molar-refractivity contribution in [2.75, 3.05) is 0 Å². The number of rotatable bonds is 5. The molecule has 0 aliphatic heterocycles. The summed E-state index contributed by atoms with van der Waals surface area (Å²) in [5.74, 6) is 0.0448. The van der Waals surface area contributed by atoms with Gasteiger partial charge in [0.1, 0.15) is 5.75 Å².